The fourth-order valence-electron chi connectivity index (χ4n) is 2.31. The molecule has 6 nitrogen and oxygen atoms in total. The molecule has 1 heterocycles. The van der Waals surface area contributed by atoms with E-state index in [1.165, 1.54) is 7.11 Å². The van der Waals surface area contributed by atoms with Crippen molar-refractivity contribution in [3.63, 3.8) is 0 Å². The predicted octanol–water partition coefficient (Wildman–Crippen LogP) is 1.96. The number of guanidine groups is 1. The van der Waals surface area contributed by atoms with Crippen LogP contribution in [0.1, 0.15) is 6.42 Å². The smallest absolute Gasteiger partial charge is 0.307 e. The lowest BCUT2D eigenvalue weighted by Crippen LogP contribution is -2.51. The number of ether oxygens (including phenoxy) is 1. The van der Waals surface area contributed by atoms with Gasteiger partial charge in [-0.05, 0) is 24.3 Å². The third kappa shape index (κ3) is 6.06. The van der Waals surface area contributed by atoms with Crippen molar-refractivity contribution in [1.29, 1.82) is 0 Å². The number of nitrogens with zero attached hydrogens (tertiary/aromatic N) is 3. The minimum Gasteiger partial charge on any atom is -0.469 e. The van der Waals surface area contributed by atoms with Crippen LogP contribution in [0.15, 0.2) is 29.3 Å². The minimum atomic E-state index is -0.274. The summed E-state index contributed by atoms with van der Waals surface area (Å²) in [7, 11) is 1.37. The van der Waals surface area contributed by atoms with E-state index in [4.69, 9.17) is 17.3 Å². The number of carbonyl (C=O) groups excluding carboxylic acids is 1. The second kappa shape index (κ2) is 9.82. The Labute approximate surface area is 158 Å². The van der Waals surface area contributed by atoms with Gasteiger partial charge in [0.2, 0.25) is 0 Å². The zero-order chi connectivity index (χ0) is 15.9. The highest BCUT2D eigenvalue weighted by atomic mass is 127. The van der Waals surface area contributed by atoms with Crippen molar-refractivity contribution in [2.45, 2.75) is 6.42 Å². The molecule has 2 N–H and O–H groups in total. The number of aliphatic imine (C=N–C) groups is 1. The molecule has 0 aliphatic carbocycles. The Morgan fingerprint density at radius 1 is 1.26 bits per heavy atom. The van der Waals surface area contributed by atoms with Gasteiger partial charge in [0.05, 0.1) is 20.1 Å². The molecule has 0 saturated carbocycles. The second-order valence-corrected chi connectivity index (χ2v) is 5.45. The summed E-state index contributed by atoms with van der Waals surface area (Å²) in [5.41, 5.74) is 7.13. The average molecular weight is 453 g/mol. The molecule has 0 spiro atoms. The van der Waals surface area contributed by atoms with Crippen molar-refractivity contribution < 1.29 is 9.53 Å². The maximum absolute atomic E-state index is 11.0. The highest BCUT2D eigenvalue weighted by molar-refractivity contribution is 14.0. The first-order chi connectivity index (χ1) is 10.6. The Kier molecular flexibility index (Phi) is 8.46. The number of halogens is 2. The summed E-state index contributed by atoms with van der Waals surface area (Å²) in [5, 5.41) is 0.740. The van der Waals surface area contributed by atoms with Crippen molar-refractivity contribution in [2.24, 2.45) is 10.7 Å². The van der Waals surface area contributed by atoms with E-state index in [0.29, 0.717) is 12.5 Å². The molecule has 0 aromatic heterocycles. The largest absolute Gasteiger partial charge is 0.469 e. The fourth-order valence-corrected chi connectivity index (χ4v) is 2.44. The molecular weight excluding hydrogens is 431 g/mol. The molecule has 1 aromatic carbocycles. The number of methoxy groups -OCH3 is 1. The van der Waals surface area contributed by atoms with Crippen LogP contribution in [0, 0.1) is 0 Å². The van der Waals surface area contributed by atoms with E-state index < -0.39 is 0 Å². The summed E-state index contributed by atoms with van der Waals surface area (Å²) >= 11 is 5.90. The number of hydrogen-bond donors (Lipinski definition) is 1. The zero-order valence-electron chi connectivity index (χ0n) is 13.1. The highest BCUT2D eigenvalue weighted by Gasteiger charge is 2.18. The third-order valence-electron chi connectivity index (χ3n) is 3.61. The molecular formula is C15H22ClIN4O2. The van der Waals surface area contributed by atoms with Crippen molar-refractivity contribution >= 4 is 53.2 Å². The second-order valence-electron chi connectivity index (χ2n) is 5.02. The van der Waals surface area contributed by atoms with Crippen LogP contribution in [-0.4, -0.2) is 56.7 Å². The van der Waals surface area contributed by atoms with Crippen LogP contribution in [0.2, 0.25) is 5.02 Å². The van der Waals surface area contributed by atoms with E-state index >= 15 is 0 Å². The minimum absolute atomic E-state index is 0. The third-order valence-corrected chi connectivity index (χ3v) is 3.86. The summed E-state index contributed by atoms with van der Waals surface area (Å²) in [6.45, 7) is 3.70. The lowest BCUT2D eigenvalue weighted by Gasteiger charge is -2.36. The van der Waals surface area contributed by atoms with Gasteiger partial charge in [-0.15, -0.1) is 24.0 Å². The standard InChI is InChI=1S/C15H21ClN4O2.HI/c1-22-14(21)6-7-18-15(17)20-10-8-19(9-11-20)13-4-2-12(16)3-5-13;/h2-5H,6-11H2,1H3,(H2,17,18);1H. The Balaban J connectivity index is 0.00000264. The molecule has 1 aromatic rings. The molecule has 1 aliphatic heterocycles. The van der Waals surface area contributed by atoms with Gasteiger partial charge < -0.3 is 20.3 Å². The number of anilines is 1. The molecule has 23 heavy (non-hydrogen) atoms. The molecule has 128 valence electrons. The van der Waals surface area contributed by atoms with E-state index in [2.05, 4.69) is 14.6 Å². The summed E-state index contributed by atoms with van der Waals surface area (Å²) in [4.78, 5) is 19.6. The number of benzene rings is 1. The highest BCUT2D eigenvalue weighted by Crippen LogP contribution is 2.19. The monoisotopic (exact) mass is 452 g/mol. The van der Waals surface area contributed by atoms with Gasteiger partial charge >= 0.3 is 5.97 Å². The maximum atomic E-state index is 11.0. The van der Waals surface area contributed by atoms with Crippen molar-refractivity contribution in [2.75, 3.05) is 44.7 Å². The number of esters is 1. The Hall–Kier alpha value is -1.22. The molecule has 0 unspecified atom stereocenters. The van der Waals surface area contributed by atoms with Gasteiger partial charge in [0.15, 0.2) is 5.96 Å². The number of nitrogens with two attached hydrogens (primary N) is 1. The Morgan fingerprint density at radius 3 is 2.43 bits per heavy atom. The quantitative estimate of drug-likeness (QED) is 0.327. The van der Waals surface area contributed by atoms with Gasteiger partial charge in [-0.3, -0.25) is 9.79 Å². The zero-order valence-corrected chi connectivity index (χ0v) is 16.2. The lowest BCUT2D eigenvalue weighted by atomic mass is 10.2. The summed E-state index contributed by atoms with van der Waals surface area (Å²) < 4.78 is 4.57. The SMILES string of the molecule is COC(=O)CCN=C(N)N1CCN(c2ccc(Cl)cc2)CC1.I. The van der Waals surface area contributed by atoms with Gasteiger partial charge in [0.25, 0.3) is 0 Å². The maximum Gasteiger partial charge on any atom is 0.307 e. The van der Waals surface area contributed by atoms with Crippen molar-refractivity contribution in [3.8, 4) is 0 Å². The molecule has 1 saturated heterocycles. The van der Waals surface area contributed by atoms with Gasteiger partial charge in [-0.2, -0.15) is 0 Å². The molecule has 1 aliphatic rings. The molecule has 0 bridgehead atoms. The van der Waals surface area contributed by atoms with Crippen LogP contribution in [-0.2, 0) is 9.53 Å². The van der Waals surface area contributed by atoms with Gasteiger partial charge in [0.1, 0.15) is 0 Å². The first-order valence-electron chi connectivity index (χ1n) is 7.22. The van der Waals surface area contributed by atoms with E-state index in [9.17, 15) is 4.79 Å². The fraction of sp³-hybridized carbons (Fsp3) is 0.467. The number of hydrogen-bond acceptors (Lipinski definition) is 4. The van der Waals surface area contributed by atoms with Gasteiger partial charge in [-0.1, -0.05) is 11.6 Å². The Bertz CT molecular complexity index is 531. The van der Waals surface area contributed by atoms with Crippen LogP contribution in [0.3, 0.4) is 0 Å². The van der Waals surface area contributed by atoms with Crippen LogP contribution in [0.25, 0.3) is 0 Å². The molecule has 1 fully saturated rings. The van der Waals surface area contributed by atoms with E-state index in [1.807, 2.05) is 29.2 Å². The molecule has 8 heteroatoms. The predicted molar refractivity (Wildman–Crippen MR) is 104 cm³/mol. The van der Waals surface area contributed by atoms with Crippen molar-refractivity contribution in [1.82, 2.24) is 4.90 Å². The molecule has 0 amide bonds. The van der Waals surface area contributed by atoms with Crippen LogP contribution >= 0.6 is 35.6 Å². The average Bonchev–Trinajstić information content (AvgIpc) is 2.55. The van der Waals surface area contributed by atoms with E-state index in [-0.39, 0.29) is 36.4 Å². The topological polar surface area (TPSA) is 71.2 Å². The van der Waals surface area contributed by atoms with Gasteiger partial charge in [-0.25, -0.2) is 0 Å². The summed E-state index contributed by atoms with van der Waals surface area (Å²) in [6, 6.07) is 7.83. The summed E-state index contributed by atoms with van der Waals surface area (Å²) in [5.74, 6) is 0.212. The van der Waals surface area contributed by atoms with E-state index in [1.54, 1.807) is 0 Å². The Morgan fingerprint density at radius 2 is 1.87 bits per heavy atom. The van der Waals surface area contributed by atoms with Crippen LogP contribution in [0.5, 0.6) is 0 Å². The number of piperazine rings is 1. The summed E-state index contributed by atoms with van der Waals surface area (Å²) in [6.07, 6.45) is 0.252. The lowest BCUT2D eigenvalue weighted by molar-refractivity contribution is -0.140. The first kappa shape index (κ1) is 19.8. The molecule has 0 radical (unpaired) electrons. The molecule has 2 rings (SSSR count). The van der Waals surface area contributed by atoms with E-state index in [0.717, 1.165) is 36.9 Å². The molecule has 0 atom stereocenters. The van der Waals surface area contributed by atoms with Crippen LogP contribution < -0.4 is 10.6 Å². The first-order valence-corrected chi connectivity index (χ1v) is 7.60. The van der Waals surface area contributed by atoms with Crippen molar-refractivity contribution in [3.05, 3.63) is 29.3 Å². The van der Waals surface area contributed by atoms with Crippen LogP contribution in [0.4, 0.5) is 5.69 Å². The van der Waals surface area contributed by atoms with Gasteiger partial charge in [0, 0.05) is 36.9 Å². The number of carbonyl (C=O) groups is 1. The number of rotatable bonds is 4. The normalized spacial score (nSPS) is 15.1.